The third-order valence-corrected chi connectivity index (χ3v) is 6.14. The summed E-state index contributed by atoms with van der Waals surface area (Å²) in [4.78, 5) is 25.2. The van der Waals surface area contributed by atoms with Gasteiger partial charge in [0.15, 0.2) is 11.5 Å². The molecule has 0 radical (unpaired) electrons. The van der Waals surface area contributed by atoms with Crippen molar-refractivity contribution in [3.05, 3.63) is 52.3 Å². The molecule has 1 aliphatic carbocycles. The van der Waals surface area contributed by atoms with Crippen LogP contribution in [0.1, 0.15) is 24.6 Å². The Hall–Kier alpha value is -3.62. The lowest BCUT2D eigenvalue weighted by Crippen LogP contribution is -2.47. The second-order valence-electron chi connectivity index (χ2n) is 8.12. The van der Waals surface area contributed by atoms with Crippen molar-refractivity contribution in [3.63, 3.8) is 0 Å². The monoisotopic (exact) mass is 435 g/mol. The van der Waals surface area contributed by atoms with Crippen LogP contribution < -0.4 is 19.3 Å². The van der Waals surface area contributed by atoms with Crippen LogP contribution in [0.5, 0.6) is 11.5 Å². The van der Waals surface area contributed by atoms with E-state index < -0.39 is 0 Å². The molecule has 0 N–H and O–H groups in total. The average Bonchev–Trinajstić information content (AvgIpc) is 3.68. The van der Waals surface area contributed by atoms with Gasteiger partial charge in [-0.25, -0.2) is 9.97 Å². The molecule has 1 aromatic heterocycles. The highest BCUT2D eigenvalue weighted by Gasteiger charge is 2.30. The van der Waals surface area contributed by atoms with Crippen molar-refractivity contribution in [2.45, 2.75) is 18.8 Å². The van der Waals surface area contributed by atoms with E-state index in [9.17, 15) is 10.1 Å². The molecule has 0 atom stereocenters. The summed E-state index contributed by atoms with van der Waals surface area (Å²) in [5.41, 5.74) is 1.65. The Bertz CT molecular complexity index is 1170. The van der Waals surface area contributed by atoms with Crippen molar-refractivity contribution in [2.24, 2.45) is 0 Å². The summed E-state index contributed by atoms with van der Waals surface area (Å²) >= 11 is 0. The average molecular weight is 435 g/mol. The number of anilines is 2. The molecule has 3 aromatic rings. The summed E-state index contributed by atoms with van der Waals surface area (Å²) in [6.45, 7) is 2.75. The van der Waals surface area contributed by atoms with Crippen LogP contribution in [0.3, 0.4) is 0 Å². The van der Waals surface area contributed by atoms with Crippen LogP contribution >= 0.6 is 0 Å². The molecule has 166 valence electrons. The number of rotatable bonds is 6. The van der Waals surface area contributed by atoms with Gasteiger partial charge in [0.25, 0.3) is 5.69 Å². The molecular weight excluding hydrogens is 410 g/mol. The molecule has 1 saturated heterocycles. The van der Waals surface area contributed by atoms with E-state index >= 15 is 0 Å². The fourth-order valence-electron chi connectivity index (χ4n) is 4.27. The second-order valence-corrected chi connectivity index (χ2v) is 8.12. The van der Waals surface area contributed by atoms with E-state index in [0.717, 1.165) is 35.4 Å². The maximum Gasteiger partial charge on any atom is 0.292 e. The first-order valence-electron chi connectivity index (χ1n) is 10.8. The van der Waals surface area contributed by atoms with Gasteiger partial charge in [0, 0.05) is 49.6 Å². The van der Waals surface area contributed by atoms with Gasteiger partial charge in [-0.2, -0.15) is 0 Å². The number of fused-ring (bicyclic) bond motifs is 1. The van der Waals surface area contributed by atoms with Gasteiger partial charge in [-0.3, -0.25) is 10.1 Å². The zero-order valence-corrected chi connectivity index (χ0v) is 18.2. The topological polar surface area (TPSA) is 93.9 Å². The standard InChI is InChI=1S/C23H25N5O4/c1-31-20-13-16-17(14-21(20)32-2)24-22(15-7-8-15)25-23(16)27-11-9-26(10-12-27)18-5-3-4-6-19(18)28(29)30/h3-6,13-15H,7-12H2,1-2H3. The number of hydrogen-bond donors (Lipinski definition) is 0. The van der Waals surface area contributed by atoms with Crippen LogP contribution in [0.25, 0.3) is 10.9 Å². The zero-order valence-electron chi connectivity index (χ0n) is 18.2. The Morgan fingerprint density at radius 3 is 2.28 bits per heavy atom. The molecule has 2 heterocycles. The molecular formula is C23H25N5O4. The van der Waals surface area contributed by atoms with E-state index in [-0.39, 0.29) is 10.6 Å². The molecule has 0 amide bonds. The first kappa shape index (κ1) is 20.3. The Labute approximate surface area is 185 Å². The second kappa shape index (κ2) is 8.14. The van der Waals surface area contributed by atoms with E-state index in [2.05, 4.69) is 9.80 Å². The van der Waals surface area contributed by atoms with Crippen molar-refractivity contribution in [1.82, 2.24) is 9.97 Å². The highest BCUT2D eigenvalue weighted by Crippen LogP contribution is 2.42. The van der Waals surface area contributed by atoms with Crippen molar-refractivity contribution in [2.75, 3.05) is 50.2 Å². The molecule has 9 heteroatoms. The normalized spacial score (nSPS) is 16.3. The Kier molecular flexibility index (Phi) is 5.16. The molecule has 2 fully saturated rings. The third kappa shape index (κ3) is 3.63. The van der Waals surface area contributed by atoms with E-state index in [1.54, 1.807) is 26.4 Å². The van der Waals surface area contributed by atoms with E-state index in [1.165, 1.54) is 0 Å². The molecule has 0 unspecified atom stereocenters. The maximum absolute atomic E-state index is 11.4. The molecule has 2 aliphatic rings. The van der Waals surface area contributed by atoms with Gasteiger partial charge in [0.1, 0.15) is 17.3 Å². The van der Waals surface area contributed by atoms with E-state index in [4.69, 9.17) is 19.4 Å². The van der Waals surface area contributed by atoms with Crippen LogP contribution in [-0.4, -0.2) is 55.3 Å². The lowest BCUT2D eigenvalue weighted by Gasteiger charge is -2.37. The van der Waals surface area contributed by atoms with Gasteiger partial charge in [0.2, 0.25) is 0 Å². The fraction of sp³-hybridized carbons (Fsp3) is 0.391. The summed E-state index contributed by atoms with van der Waals surface area (Å²) in [5.74, 6) is 3.47. The van der Waals surface area contributed by atoms with Crippen LogP contribution in [0, 0.1) is 10.1 Å². The van der Waals surface area contributed by atoms with Crippen molar-refractivity contribution in [3.8, 4) is 11.5 Å². The number of methoxy groups -OCH3 is 2. The summed E-state index contributed by atoms with van der Waals surface area (Å²) < 4.78 is 11.0. The van der Waals surface area contributed by atoms with Gasteiger partial charge in [0.05, 0.1) is 24.7 Å². The van der Waals surface area contributed by atoms with Crippen molar-refractivity contribution >= 4 is 28.1 Å². The molecule has 1 saturated carbocycles. The minimum absolute atomic E-state index is 0.140. The van der Waals surface area contributed by atoms with E-state index in [0.29, 0.717) is 49.3 Å². The van der Waals surface area contributed by atoms with Gasteiger partial charge < -0.3 is 19.3 Å². The largest absolute Gasteiger partial charge is 0.493 e. The summed E-state index contributed by atoms with van der Waals surface area (Å²) in [5, 5.41) is 12.4. The lowest BCUT2D eigenvalue weighted by molar-refractivity contribution is -0.384. The van der Waals surface area contributed by atoms with Crippen LogP contribution in [0.2, 0.25) is 0 Å². The van der Waals surface area contributed by atoms with Gasteiger partial charge in [-0.15, -0.1) is 0 Å². The predicted molar refractivity (Wildman–Crippen MR) is 122 cm³/mol. The molecule has 1 aliphatic heterocycles. The Morgan fingerprint density at radius 2 is 1.62 bits per heavy atom. The van der Waals surface area contributed by atoms with Crippen LogP contribution in [0.15, 0.2) is 36.4 Å². The number of benzene rings is 2. The first-order valence-corrected chi connectivity index (χ1v) is 10.8. The number of nitro benzene ring substituents is 1. The highest BCUT2D eigenvalue weighted by molar-refractivity contribution is 5.92. The Morgan fingerprint density at radius 1 is 0.969 bits per heavy atom. The fourth-order valence-corrected chi connectivity index (χ4v) is 4.27. The maximum atomic E-state index is 11.4. The summed E-state index contributed by atoms with van der Waals surface area (Å²) in [6, 6.07) is 10.8. The number of aromatic nitrogens is 2. The quantitative estimate of drug-likeness (QED) is 0.427. The first-order chi connectivity index (χ1) is 15.6. The number of para-hydroxylation sites is 2. The van der Waals surface area contributed by atoms with Crippen LogP contribution in [-0.2, 0) is 0 Å². The van der Waals surface area contributed by atoms with Crippen molar-refractivity contribution in [1.29, 1.82) is 0 Å². The third-order valence-electron chi connectivity index (χ3n) is 6.14. The molecule has 0 bridgehead atoms. The van der Waals surface area contributed by atoms with Gasteiger partial charge in [-0.05, 0) is 25.0 Å². The minimum atomic E-state index is -0.318. The molecule has 2 aromatic carbocycles. The number of nitrogens with zero attached hydrogens (tertiary/aromatic N) is 5. The predicted octanol–water partition coefficient (Wildman–Crippen LogP) is 3.76. The van der Waals surface area contributed by atoms with Crippen molar-refractivity contribution < 1.29 is 14.4 Å². The van der Waals surface area contributed by atoms with Gasteiger partial charge in [-0.1, -0.05) is 12.1 Å². The zero-order chi connectivity index (χ0) is 22.2. The molecule has 0 spiro atoms. The highest BCUT2D eigenvalue weighted by atomic mass is 16.6. The Balaban J connectivity index is 1.48. The molecule has 32 heavy (non-hydrogen) atoms. The van der Waals surface area contributed by atoms with Gasteiger partial charge >= 0.3 is 0 Å². The number of ether oxygens (including phenoxy) is 2. The number of hydrogen-bond acceptors (Lipinski definition) is 8. The lowest BCUT2D eigenvalue weighted by atomic mass is 10.1. The minimum Gasteiger partial charge on any atom is -0.493 e. The summed E-state index contributed by atoms with van der Waals surface area (Å²) in [7, 11) is 3.24. The number of piperazine rings is 1. The molecule has 5 rings (SSSR count). The molecule has 9 nitrogen and oxygen atoms in total. The smallest absolute Gasteiger partial charge is 0.292 e. The summed E-state index contributed by atoms with van der Waals surface area (Å²) in [6.07, 6.45) is 2.23. The van der Waals surface area contributed by atoms with Crippen LogP contribution in [0.4, 0.5) is 17.2 Å². The number of nitro groups is 1. The SMILES string of the molecule is COc1cc2nc(C3CC3)nc(N3CCN(c4ccccc4[N+](=O)[O-])CC3)c2cc1OC. The van der Waals surface area contributed by atoms with E-state index in [1.807, 2.05) is 24.3 Å².